The van der Waals surface area contributed by atoms with Crippen LogP contribution in [0.4, 0.5) is 4.79 Å². The molecule has 4 nitrogen and oxygen atoms in total. The van der Waals surface area contributed by atoms with E-state index in [0.717, 1.165) is 19.5 Å². The van der Waals surface area contributed by atoms with Crippen LogP contribution in [0.2, 0.25) is 0 Å². The van der Waals surface area contributed by atoms with E-state index in [1.807, 2.05) is 0 Å². The van der Waals surface area contributed by atoms with Crippen LogP contribution >= 0.6 is 0 Å². The number of hydrogen-bond acceptors (Lipinski definition) is 3. The first-order valence-electron chi connectivity index (χ1n) is 3.97. The van der Waals surface area contributed by atoms with Crippen LogP contribution in [-0.2, 0) is 4.74 Å². The molecule has 1 aliphatic rings. The topological polar surface area (TPSA) is 50.4 Å². The number of rotatable bonds is 2. The van der Waals surface area contributed by atoms with E-state index in [-0.39, 0.29) is 12.1 Å². The van der Waals surface area contributed by atoms with Gasteiger partial charge in [0.2, 0.25) is 0 Å². The Bertz CT molecular complexity index is 132. The lowest BCUT2D eigenvalue weighted by atomic mass is 10.3. The number of nitrogens with one attached hydrogen (secondary N) is 2. The highest BCUT2D eigenvalue weighted by Crippen LogP contribution is 1.96. The third-order valence-corrected chi connectivity index (χ3v) is 1.66. The Balaban J connectivity index is 2.13. The summed E-state index contributed by atoms with van der Waals surface area (Å²) in [5, 5.41) is 5.91. The monoisotopic (exact) mass is 158 g/mol. The first kappa shape index (κ1) is 8.33. The second kappa shape index (κ2) is 4.18. The molecule has 11 heavy (non-hydrogen) atoms. The Morgan fingerprint density at radius 3 is 3.18 bits per heavy atom. The van der Waals surface area contributed by atoms with Crippen molar-refractivity contribution in [3.05, 3.63) is 0 Å². The van der Waals surface area contributed by atoms with E-state index in [2.05, 4.69) is 10.6 Å². The Hall–Kier alpha value is -0.770. The zero-order valence-corrected chi connectivity index (χ0v) is 6.72. The lowest BCUT2D eigenvalue weighted by molar-refractivity contribution is 0.149. The molecule has 1 heterocycles. The van der Waals surface area contributed by atoms with E-state index in [4.69, 9.17) is 4.74 Å². The lowest BCUT2D eigenvalue weighted by Crippen LogP contribution is -2.36. The molecule has 1 amide bonds. The van der Waals surface area contributed by atoms with Crippen molar-refractivity contribution >= 4 is 6.09 Å². The molecule has 64 valence electrons. The molecule has 1 fully saturated rings. The molecule has 1 aliphatic heterocycles. The van der Waals surface area contributed by atoms with Crippen molar-refractivity contribution in [2.45, 2.75) is 19.4 Å². The number of ether oxygens (including phenoxy) is 1. The van der Waals surface area contributed by atoms with Gasteiger partial charge in [0.05, 0.1) is 6.61 Å². The molecular formula is C7H14N2O2. The standard InChI is InChI=1S/C7H14N2O2/c1-2-11-7(10)9-6-3-4-8-5-6/h6,8H,2-5H2,1H3,(H,9,10)/t6-/m0/s1. The summed E-state index contributed by atoms with van der Waals surface area (Å²) in [5.74, 6) is 0. The second-order valence-corrected chi connectivity index (χ2v) is 2.55. The van der Waals surface area contributed by atoms with Crippen molar-refractivity contribution in [3.63, 3.8) is 0 Å². The van der Waals surface area contributed by atoms with Gasteiger partial charge in [0.25, 0.3) is 0 Å². The van der Waals surface area contributed by atoms with E-state index in [0.29, 0.717) is 6.61 Å². The molecule has 4 heteroatoms. The highest BCUT2D eigenvalue weighted by molar-refractivity contribution is 5.67. The molecule has 0 aromatic carbocycles. The zero-order valence-electron chi connectivity index (χ0n) is 6.72. The van der Waals surface area contributed by atoms with Crippen molar-refractivity contribution in [1.82, 2.24) is 10.6 Å². The van der Waals surface area contributed by atoms with Crippen LogP contribution in [0.25, 0.3) is 0 Å². The van der Waals surface area contributed by atoms with Crippen molar-refractivity contribution in [2.75, 3.05) is 19.7 Å². The van der Waals surface area contributed by atoms with E-state index in [9.17, 15) is 4.79 Å². The van der Waals surface area contributed by atoms with Crippen LogP contribution in [0.1, 0.15) is 13.3 Å². The molecule has 1 atom stereocenters. The summed E-state index contributed by atoms with van der Waals surface area (Å²) < 4.78 is 4.73. The highest BCUT2D eigenvalue weighted by atomic mass is 16.5. The maximum absolute atomic E-state index is 10.8. The molecule has 1 rings (SSSR count). The molecule has 0 aromatic rings. The van der Waals surface area contributed by atoms with Gasteiger partial charge in [0.1, 0.15) is 0 Å². The van der Waals surface area contributed by atoms with Gasteiger partial charge in [-0.25, -0.2) is 4.79 Å². The van der Waals surface area contributed by atoms with Gasteiger partial charge < -0.3 is 15.4 Å². The molecule has 0 aromatic heterocycles. The van der Waals surface area contributed by atoms with Crippen LogP contribution in [-0.4, -0.2) is 31.8 Å². The molecule has 0 unspecified atom stereocenters. The van der Waals surface area contributed by atoms with Crippen molar-refractivity contribution < 1.29 is 9.53 Å². The van der Waals surface area contributed by atoms with Crippen LogP contribution in [0.5, 0.6) is 0 Å². The fourth-order valence-corrected chi connectivity index (χ4v) is 1.12. The summed E-state index contributed by atoms with van der Waals surface area (Å²) in [7, 11) is 0. The van der Waals surface area contributed by atoms with Gasteiger partial charge in [0, 0.05) is 12.6 Å². The van der Waals surface area contributed by atoms with E-state index < -0.39 is 0 Å². The van der Waals surface area contributed by atoms with E-state index in [1.165, 1.54) is 0 Å². The predicted molar refractivity (Wildman–Crippen MR) is 41.4 cm³/mol. The highest BCUT2D eigenvalue weighted by Gasteiger charge is 2.16. The minimum absolute atomic E-state index is 0.258. The summed E-state index contributed by atoms with van der Waals surface area (Å²) >= 11 is 0. The third kappa shape index (κ3) is 2.76. The summed E-state index contributed by atoms with van der Waals surface area (Å²) in [6.45, 7) is 4.08. The first-order chi connectivity index (χ1) is 5.33. The summed E-state index contributed by atoms with van der Waals surface area (Å²) in [4.78, 5) is 10.8. The number of carbonyl (C=O) groups is 1. The van der Waals surface area contributed by atoms with Gasteiger partial charge in [-0.2, -0.15) is 0 Å². The van der Waals surface area contributed by atoms with Gasteiger partial charge in [-0.1, -0.05) is 0 Å². The third-order valence-electron chi connectivity index (χ3n) is 1.66. The SMILES string of the molecule is CCOC(=O)N[C@H]1CCNC1. The quantitative estimate of drug-likeness (QED) is 0.599. The molecule has 1 saturated heterocycles. The maximum atomic E-state index is 10.8. The normalized spacial score (nSPS) is 23.2. The van der Waals surface area contributed by atoms with Gasteiger partial charge >= 0.3 is 6.09 Å². The molecular weight excluding hydrogens is 144 g/mol. The lowest BCUT2D eigenvalue weighted by Gasteiger charge is -2.09. The molecule has 0 radical (unpaired) electrons. The molecule has 0 aliphatic carbocycles. The number of carbonyl (C=O) groups excluding carboxylic acids is 1. The number of hydrogen-bond donors (Lipinski definition) is 2. The van der Waals surface area contributed by atoms with Crippen LogP contribution < -0.4 is 10.6 Å². The summed E-state index contributed by atoms with van der Waals surface area (Å²) in [6, 6.07) is 0.258. The largest absolute Gasteiger partial charge is 0.450 e. The molecule has 0 saturated carbocycles. The fourth-order valence-electron chi connectivity index (χ4n) is 1.12. The minimum Gasteiger partial charge on any atom is -0.450 e. The Kier molecular flexibility index (Phi) is 3.16. The minimum atomic E-state index is -0.304. The number of alkyl carbamates (subject to hydrolysis) is 1. The van der Waals surface area contributed by atoms with Crippen molar-refractivity contribution in [2.24, 2.45) is 0 Å². The van der Waals surface area contributed by atoms with Crippen molar-refractivity contribution in [1.29, 1.82) is 0 Å². The number of amides is 1. The van der Waals surface area contributed by atoms with Crippen LogP contribution in [0, 0.1) is 0 Å². The fraction of sp³-hybridized carbons (Fsp3) is 0.857. The van der Waals surface area contributed by atoms with Crippen LogP contribution in [0.15, 0.2) is 0 Å². The smallest absolute Gasteiger partial charge is 0.407 e. The van der Waals surface area contributed by atoms with Crippen molar-refractivity contribution in [3.8, 4) is 0 Å². The Morgan fingerprint density at radius 1 is 1.82 bits per heavy atom. The summed E-state index contributed by atoms with van der Waals surface area (Å²) in [5.41, 5.74) is 0. The van der Waals surface area contributed by atoms with Crippen LogP contribution in [0.3, 0.4) is 0 Å². The Morgan fingerprint density at radius 2 is 2.64 bits per heavy atom. The molecule has 0 bridgehead atoms. The van der Waals surface area contributed by atoms with E-state index >= 15 is 0 Å². The van der Waals surface area contributed by atoms with Gasteiger partial charge in [-0.3, -0.25) is 0 Å². The average molecular weight is 158 g/mol. The predicted octanol–water partition coefficient (Wildman–Crippen LogP) is 0.0944. The van der Waals surface area contributed by atoms with Gasteiger partial charge in [0.15, 0.2) is 0 Å². The molecule has 2 N–H and O–H groups in total. The second-order valence-electron chi connectivity index (χ2n) is 2.55. The first-order valence-corrected chi connectivity index (χ1v) is 3.97. The average Bonchev–Trinajstić information content (AvgIpc) is 2.40. The maximum Gasteiger partial charge on any atom is 0.407 e. The van der Waals surface area contributed by atoms with Gasteiger partial charge in [-0.05, 0) is 19.9 Å². The molecule has 0 spiro atoms. The van der Waals surface area contributed by atoms with E-state index in [1.54, 1.807) is 6.92 Å². The Labute approximate surface area is 66.3 Å². The van der Waals surface area contributed by atoms with Gasteiger partial charge in [-0.15, -0.1) is 0 Å². The summed E-state index contributed by atoms with van der Waals surface area (Å²) in [6.07, 6.45) is 0.694. The zero-order chi connectivity index (χ0) is 8.10.